The molecule has 4 nitrogen and oxygen atoms in total. The minimum Gasteiger partial charge on any atom is -0.381 e. The molecule has 1 aromatic rings. The van der Waals surface area contributed by atoms with Gasteiger partial charge < -0.3 is 19.7 Å². The topological polar surface area (TPSA) is 33.7 Å². The lowest BCUT2D eigenvalue weighted by Crippen LogP contribution is -2.44. The molecule has 0 aromatic heterocycles. The zero-order valence-electron chi connectivity index (χ0n) is 16.5. The molecule has 0 amide bonds. The quantitative estimate of drug-likeness (QED) is 0.882. The van der Waals surface area contributed by atoms with Crippen LogP contribution in [0.4, 0.5) is 0 Å². The van der Waals surface area contributed by atoms with E-state index < -0.39 is 0 Å². The van der Waals surface area contributed by atoms with Crippen molar-refractivity contribution in [2.24, 2.45) is 5.92 Å². The van der Waals surface area contributed by atoms with Crippen LogP contribution in [0.5, 0.6) is 0 Å². The third-order valence-electron chi connectivity index (χ3n) is 7.51. The summed E-state index contributed by atoms with van der Waals surface area (Å²) < 4.78 is 11.1. The average molecular weight is 371 g/mol. The Labute approximate surface area is 163 Å². The van der Waals surface area contributed by atoms with E-state index in [4.69, 9.17) is 9.47 Å². The van der Waals surface area contributed by atoms with Crippen molar-refractivity contribution in [3.63, 3.8) is 0 Å². The van der Waals surface area contributed by atoms with Gasteiger partial charge in [-0.15, -0.1) is 0 Å². The van der Waals surface area contributed by atoms with Crippen LogP contribution in [0.25, 0.3) is 0 Å². The molecule has 1 N–H and O–H groups in total. The van der Waals surface area contributed by atoms with Gasteiger partial charge in [-0.2, -0.15) is 0 Å². The molecule has 1 spiro atoms. The Morgan fingerprint density at radius 1 is 1.00 bits per heavy atom. The van der Waals surface area contributed by atoms with Gasteiger partial charge in [0.15, 0.2) is 0 Å². The van der Waals surface area contributed by atoms with Crippen LogP contribution in [0.2, 0.25) is 0 Å². The minimum absolute atomic E-state index is 0.391. The van der Waals surface area contributed by atoms with E-state index in [-0.39, 0.29) is 0 Å². The Kier molecular flexibility index (Phi) is 5.25. The van der Waals surface area contributed by atoms with Crippen LogP contribution >= 0.6 is 0 Å². The normalized spacial score (nSPS) is 31.4. The van der Waals surface area contributed by atoms with Gasteiger partial charge in [0.25, 0.3) is 0 Å². The van der Waals surface area contributed by atoms with E-state index in [2.05, 4.69) is 34.5 Å². The van der Waals surface area contributed by atoms with E-state index >= 15 is 0 Å². The highest BCUT2D eigenvalue weighted by Gasteiger charge is 2.45. The van der Waals surface area contributed by atoms with Crippen molar-refractivity contribution in [1.82, 2.24) is 10.2 Å². The monoisotopic (exact) mass is 370 g/mol. The van der Waals surface area contributed by atoms with Gasteiger partial charge in [-0.3, -0.25) is 0 Å². The Morgan fingerprint density at radius 3 is 2.56 bits per heavy atom. The Hall–Kier alpha value is -0.940. The minimum atomic E-state index is 0.391. The van der Waals surface area contributed by atoms with E-state index in [9.17, 15) is 0 Å². The van der Waals surface area contributed by atoms with E-state index in [1.807, 2.05) is 0 Å². The molecule has 0 radical (unpaired) electrons. The second-order valence-corrected chi connectivity index (χ2v) is 9.21. The highest BCUT2D eigenvalue weighted by molar-refractivity contribution is 5.42. The molecule has 3 fully saturated rings. The molecule has 3 heterocycles. The number of fused-ring (bicyclic) bond motifs is 2. The Morgan fingerprint density at radius 2 is 1.78 bits per heavy atom. The van der Waals surface area contributed by atoms with E-state index in [1.54, 1.807) is 11.1 Å². The largest absolute Gasteiger partial charge is 0.381 e. The van der Waals surface area contributed by atoms with Gasteiger partial charge in [-0.05, 0) is 74.1 Å². The lowest BCUT2D eigenvalue weighted by molar-refractivity contribution is 0.0728. The first-order valence-corrected chi connectivity index (χ1v) is 11.1. The summed E-state index contributed by atoms with van der Waals surface area (Å²) in [5.41, 5.74) is 3.60. The molecule has 0 bridgehead atoms. The maximum atomic E-state index is 5.58. The number of nitrogens with one attached hydrogen (secondary N) is 1. The molecule has 148 valence electrons. The summed E-state index contributed by atoms with van der Waals surface area (Å²) in [5, 5.41) is 4.01. The van der Waals surface area contributed by atoms with Gasteiger partial charge in [-0.25, -0.2) is 0 Å². The third-order valence-corrected chi connectivity index (χ3v) is 7.51. The van der Waals surface area contributed by atoms with Crippen LogP contribution in [0, 0.1) is 5.92 Å². The number of likely N-dealkylation sites (tertiary alicyclic amines) is 1. The molecular formula is C23H34N2O2. The van der Waals surface area contributed by atoms with Crippen molar-refractivity contribution in [1.29, 1.82) is 0 Å². The van der Waals surface area contributed by atoms with Crippen LogP contribution in [0.3, 0.4) is 0 Å². The van der Waals surface area contributed by atoms with Crippen molar-refractivity contribution in [3.05, 3.63) is 35.4 Å². The highest BCUT2D eigenvalue weighted by atomic mass is 16.5. The molecule has 4 aliphatic rings. The van der Waals surface area contributed by atoms with E-state index in [0.717, 1.165) is 45.2 Å². The maximum Gasteiger partial charge on any atom is 0.0507 e. The number of rotatable bonds is 4. The second-order valence-electron chi connectivity index (χ2n) is 9.21. The van der Waals surface area contributed by atoms with Gasteiger partial charge in [0, 0.05) is 38.4 Å². The van der Waals surface area contributed by atoms with Crippen molar-refractivity contribution in [3.8, 4) is 0 Å². The lowest BCUT2D eigenvalue weighted by Gasteiger charge is -2.41. The molecule has 27 heavy (non-hydrogen) atoms. The summed E-state index contributed by atoms with van der Waals surface area (Å²) in [6.45, 7) is 7.50. The zero-order chi connectivity index (χ0) is 18.1. The predicted molar refractivity (Wildman–Crippen MR) is 107 cm³/mol. The van der Waals surface area contributed by atoms with Crippen LogP contribution in [-0.2, 0) is 14.9 Å². The fourth-order valence-electron chi connectivity index (χ4n) is 5.92. The molecular weight excluding hydrogens is 336 g/mol. The van der Waals surface area contributed by atoms with Crippen molar-refractivity contribution in [2.75, 3.05) is 46.1 Å². The second kappa shape index (κ2) is 7.82. The summed E-state index contributed by atoms with van der Waals surface area (Å²) in [6, 6.07) is 10.4. The number of hydrogen-bond donors (Lipinski definition) is 1. The van der Waals surface area contributed by atoms with Crippen LogP contribution in [0.15, 0.2) is 24.3 Å². The first-order chi connectivity index (χ1) is 13.3. The summed E-state index contributed by atoms with van der Waals surface area (Å²) in [7, 11) is 0. The first-order valence-electron chi connectivity index (χ1n) is 11.1. The molecule has 1 aliphatic carbocycles. The highest BCUT2D eigenvalue weighted by Crippen LogP contribution is 2.51. The predicted octanol–water partition coefficient (Wildman–Crippen LogP) is 3.27. The first kappa shape index (κ1) is 18.1. The van der Waals surface area contributed by atoms with E-state index in [1.165, 1.54) is 45.3 Å². The lowest BCUT2D eigenvalue weighted by atomic mass is 9.73. The van der Waals surface area contributed by atoms with Crippen LogP contribution in [0.1, 0.15) is 55.7 Å². The fourth-order valence-corrected chi connectivity index (χ4v) is 5.92. The Balaban J connectivity index is 1.27. The molecule has 0 unspecified atom stereocenters. The molecule has 2 atom stereocenters. The standard InChI is InChI=1S/C23H34N2O2/c1-2-4-21-20(3-1)22(24-19-6-13-26-14-7-19)15-23(21)8-10-25(11-9-23)16-18-5-12-27-17-18/h1-4,18-19,22,24H,5-17H2/t18-,22-/m0/s1. The molecule has 3 aliphatic heterocycles. The van der Waals surface area contributed by atoms with Gasteiger partial charge in [-0.1, -0.05) is 24.3 Å². The number of ether oxygens (including phenoxy) is 2. The molecule has 4 heteroatoms. The van der Waals surface area contributed by atoms with Gasteiger partial charge in [0.2, 0.25) is 0 Å². The van der Waals surface area contributed by atoms with Crippen molar-refractivity contribution < 1.29 is 9.47 Å². The summed E-state index contributed by atoms with van der Waals surface area (Å²) >= 11 is 0. The van der Waals surface area contributed by atoms with Gasteiger partial charge >= 0.3 is 0 Å². The fraction of sp³-hybridized carbons (Fsp3) is 0.739. The molecule has 3 saturated heterocycles. The average Bonchev–Trinajstić information content (AvgIpc) is 3.32. The maximum absolute atomic E-state index is 5.58. The molecule has 1 aromatic carbocycles. The van der Waals surface area contributed by atoms with Crippen molar-refractivity contribution >= 4 is 0 Å². The zero-order valence-corrected chi connectivity index (χ0v) is 16.5. The van der Waals surface area contributed by atoms with E-state index in [0.29, 0.717) is 17.5 Å². The van der Waals surface area contributed by atoms with Crippen LogP contribution in [-0.4, -0.2) is 57.0 Å². The third kappa shape index (κ3) is 3.69. The summed E-state index contributed by atoms with van der Waals surface area (Å²) in [4.78, 5) is 2.70. The van der Waals surface area contributed by atoms with Crippen LogP contribution < -0.4 is 5.32 Å². The number of piperidine rings is 1. The smallest absolute Gasteiger partial charge is 0.0507 e. The number of nitrogens with zero attached hydrogens (tertiary/aromatic N) is 1. The molecule has 5 rings (SSSR count). The Bertz CT molecular complexity index is 629. The number of hydrogen-bond acceptors (Lipinski definition) is 4. The number of benzene rings is 1. The summed E-state index contributed by atoms with van der Waals surface area (Å²) in [5.74, 6) is 0.762. The van der Waals surface area contributed by atoms with Gasteiger partial charge in [0.05, 0.1) is 6.61 Å². The van der Waals surface area contributed by atoms with Gasteiger partial charge in [0.1, 0.15) is 0 Å². The summed E-state index contributed by atoms with van der Waals surface area (Å²) in [6.07, 6.45) is 7.46. The molecule has 0 saturated carbocycles. The van der Waals surface area contributed by atoms with Crippen molar-refractivity contribution in [2.45, 2.75) is 56.0 Å². The SMILES string of the molecule is c1ccc2c(c1)[C@@H](NC1CCOCC1)CC21CCN(C[C@@H]2CCOC2)CC1.